The number of hydrogen-bond donors (Lipinski definition) is 1. The van der Waals surface area contributed by atoms with Crippen LogP contribution in [0.15, 0.2) is 35.2 Å². The summed E-state index contributed by atoms with van der Waals surface area (Å²) in [5.74, 6) is 0.678. The van der Waals surface area contributed by atoms with E-state index in [1.165, 1.54) is 0 Å². The molecule has 0 amide bonds. The summed E-state index contributed by atoms with van der Waals surface area (Å²) in [5.41, 5.74) is 2.54. The van der Waals surface area contributed by atoms with Crippen LogP contribution in [-0.4, -0.2) is 15.5 Å². The fraction of sp³-hybridized carbons (Fsp3) is 0.250. The van der Waals surface area contributed by atoms with Gasteiger partial charge in [0.15, 0.2) is 0 Å². The van der Waals surface area contributed by atoms with Crippen molar-refractivity contribution in [3.05, 3.63) is 52.0 Å². The molecule has 0 bridgehead atoms. The molecule has 0 heterocycles. The largest absolute Gasteiger partial charge is 0.496 e. The van der Waals surface area contributed by atoms with Crippen molar-refractivity contribution in [2.45, 2.75) is 25.7 Å². The van der Waals surface area contributed by atoms with E-state index >= 15 is 0 Å². The maximum absolute atomic E-state index is 12.7. The number of anilines is 1. The molecule has 6 heteroatoms. The summed E-state index contributed by atoms with van der Waals surface area (Å²) in [7, 11) is -2.13. The first-order chi connectivity index (χ1) is 10.3. The van der Waals surface area contributed by atoms with E-state index in [9.17, 15) is 8.42 Å². The quantitative estimate of drug-likeness (QED) is 0.913. The molecule has 0 unspecified atom stereocenters. The van der Waals surface area contributed by atoms with Crippen LogP contribution in [0.4, 0.5) is 5.69 Å². The lowest BCUT2D eigenvalue weighted by atomic mass is 10.1. The van der Waals surface area contributed by atoms with Gasteiger partial charge >= 0.3 is 0 Å². The third kappa shape index (κ3) is 3.20. The van der Waals surface area contributed by atoms with Crippen LogP contribution < -0.4 is 9.46 Å². The average molecular weight is 340 g/mol. The van der Waals surface area contributed by atoms with Crippen molar-refractivity contribution in [1.29, 1.82) is 0 Å². The minimum Gasteiger partial charge on any atom is -0.496 e. The Kier molecular flexibility index (Phi) is 4.68. The Hall–Kier alpha value is -1.72. The lowest BCUT2D eigenvalue weighted by Gasteiger charge is -2.17. The average Bonchev–Trinajstić information content (AvgIpc) is 2.42. The number of benzene rings is 2. The summed E-state index contributed by atoms with van der Waals surface area (Å²) >= 11 is 5.90. The molecule has 0 fully saturated rings. The number of halogens is 1. The van der Waals surface area contributed by atoms with Gasteiger partial charge in [-0.25, -0.2) is 8.42 Å². The number of rotatable bonds is 4. The highest BCUT2D eigenvalue weighted by atomic mass is 35.5. The van der Waals surface area contributed by atoms with Crippen LogP contribution in [-0.2, 0) is 10.0 Å². The molecule has 1 N–H and O–H groups in total. The monoisotopic (exact) mass is 339 g/mol. The highest BCUT2D eigenvalue weighted by Crippen LogP contribution is 2.31. The zero-order valence-corrected chi connectivity index (χ0v) is 14.5. The Bertz CT molecular complexity index is 816. The number of ether oxygens (including phenoxy) is 1. The molecule has 0 saturated carbocycles. The Morgan fingerprint density at radius 2 is 1.77 bits per heavy atom. The topological polar surface area (TPSA) is 55.4 Å². The van der Waals surface area contributed by atoms with Crippen molar-refractivity contribution in [1.82, 2.24) is 0 Å². The molecule has 22 heavy (non-hydrogen) atoms. The third-order valence-corrected chi connectivity index (χ3v) is 5.45. The van der Waals surface area contributed by atoms with Gasteiger partial charge in [0.25, 0.3) is 10.0 Å². The SMILES string of the molecule is COc1cc(C)c(S(=O)(=O)Nc2cccc(Cl)c2)c(C)c1C. The van der Waals surface area contributed by atoms with Crippen molar-refractivity contribution in [3.8, 4) is 5.75 Å². The molecule has 0 atom stereocenters. The summed E-state index contributed by atoms with van der Waals surface area (Å²) in [6.07, 6.45) is 0. The van der Waals surface area contributed by atoms with Gasteiger partial charge in [-0.15, -0.1) is 0 Å². The lowest BCUT2D eigenvalue weighted by molar-refractivity contribution is 0.410. The second-order valence-corrected chi connectivity index (χ2v) is 7.15. The van der Waals surface area contributed by atoms with E-state index in [2.05, 4.69) is 4.72 Å². The van der Waals surface area contributed by atoms with Crippen molar-refractivity contribution in [3.63, 3.8) is 0 Å². The normalized spacial score (nSPS) is 11.3. The van der Waals surface area contributed by atoms with E-state index in [-0.39, 0.29) is 4.90 Å². The van der Waals surface area contributed by atoms with Crippen molar-refractivity contribution >= 4 is 27.3 Å². The molecular weight excluding hydrogens is 322 g/mol. The fourth-order valence-corrected chi connectivity index (χ4v) is 4.17. The zero-order chi connectivity index (χ0) is 16.5. The molecule has 0 aliphatic rings. The molecule has 2 rings (SSSR count). The molecule has 2 aromatic rings. The van der Waals surface area contributed by atoms with Crippen LogP contribution in [0.2, 0.25) is 5.02 Å². The van der Waals surface area contributed by atoms with Crippen molar-refractivity contribution in [2.75, 3.05) is 11.8 Å². The number of aryl methyl sites for hydroxylation is 1. The molecule has 4 nitrogen and oxygen atoms in total. The maximum atomic E-state index is 12.7. The van der Waals surface area contributed by atoms with Gasteiger partial charge in [0.05, 0.1) is 17.7 Å². The molecule has 0 spiro atoms. The van der Waals surface area contributed by atoms with E-state index in [1.54, 1.807) is 51.3 Å². The van der Waals surface area contributed by atoms with Crippen LogP contribution >= 0.6 is 11.6 Å². The summed E-state index contributed by atoms with van der Waals surface area (Å²) < 4.78 is 33.3. The van der Waals surface area contributed by atoms with E-state index in [0.29, 0.717) is 27.6 Å². The Balaban J connectivity index is 2.53. The van der Waals surface area contributed by atoms with Gasteiger partial charge in [-0.2, -0.15) is 0 Å². The molecule has 0 aliphatic heterocycles. The first-order valence-corrected chi connectivity index (χ1v) is 8.55. The van der Waals surface area contributed by atoms with Gasteiger partial charge in [0, 0.05) is 5.02 Å². The third-order valence-electron chi connectivity index (χ3n) is 3.54. The predicted molar refractivity (Wildman–Crippen MR) is 89.5 cm³/mol. The Morgan fingerprint density at radius 3 is 2.36 bits per heavy atom. The summed E-state index contributed by atoms with van der Waals surface area (Å²) in [6.45, 7) is 5.37. The van der Waals surface area contributed by atoms with Crippen LogP contribution in [0.25, 0.3) is 0 Å². The molecule has 0 saturated heterocycles. The zero-order valence-electron chi connectivity index (χ0n) is 12.9. The molecule has 118 valence electrons. The smallest absolute Gasteiger partial charge is 0.262 e. The Morgan fingerprint density at radius 1 is 1.09 bits per heavy atom. The summed E-state index contributed by atoms with van der Waals surface area (Å²) in [6, 6.07) is 8.34. The molecule has 2 aromatic carbocycles. The second kappa shape index (κ2) is 6.18. The van der Waals surface area contributed by atoms with E-state index in [0.717, 1.165) is 5.56 Å². The van der Waals surface area contributed by atoms with Gasteiger partial charge in [0.1, 0.15) is 5.75 Å². The van der Waals surface area contributed by atoms with Crippen LogP contribution in [0.1, 0.15) is 16.7 Å². The number of sulfonamides is 1. The van der Waals surface area contributed by atoms with Crippen LogP contribution in [0.3, 0.4) is 0 Å². The Labute approximate surface area is 136 Å². The fourth-order valence-electron chi connectivity index (χ4n) is 2.40. The van der Waals surface area contributed by atoms with Crippen molar-refractivity contribution < 1.29 is 13.2 Å². The van der Waals surface area contributed by atoms with Gasteiger partial charge in [-0.05, 0) is 61.7 Å². The molecular formula is C16H18ClNO3S. The van der Waals surface area contributed by atoms with Crippen LogP contribution in [0, 0.1) is 20.8 Å². The minimum atomic E-state index is -3.70. The van der Waals surface area contributed by atoms with E-state index in [4.69, 9.17) is 16.3 Å². The number of hydrogen-bond acceptors (Lipinski definition) is 3. The minimum absolute atomic E-state index is 0.269. The van der Waals surface area contributed by atoms with Crippen LogP contribution in [0.5, 0.6) is 5.75 Å². The predicted octanol–water partition coefficient (Wildman–Crippen LogP) is 4.07. The number of nitrogens with one attached hydrogen (secondary N) is 1. The van der Waals surface area contributed by atoms with Gasteiger partial charge in [-0.3, -0.25) is 4.72 Å². The lowest BCUT2D eigenvalue weighted by Crippen LogP contribution is -2.16. The van der Waals surface area contributed by atoms with Gasteiger partial charge < -0.3 is 4.74 Å². The second-order valence-electron chi connectivity index (χ2n) is 5.09. The highest BCUT2D eigenvalue weighted by molar-refractivity contribution is 7.92. The summed E-state index contributed by atoms with van der Waals surface area (Å²) in [5, 5.41) is 0.472. The van der Waals surface area contributed by atoms with Crippen molar-refractivity contribution in [2.24, 2.45) is 0 Å². The van der Waals surface area contributed by atoms with E-state index < -0.39 is 10.0 Å². The summed E-state index contributed by atoms with van der Waals surface area (Å²) in [4.78, 5) is 0.269. The first-order valence-electron chi connectivity index (χ1n) is 6.69. The molecule has 0 aromatic heterocycles. The molecule has 0 aliphatic carbocycles. The first kappa shape index (κ1) is 16.6. The van der Waals surface area contributed by atoms with Gasteiger partial charge in [-0.1, -0.05) is 17.7 Å². The molecule has 0 radical (unpaired) electrons. The maximum Gasteiger partial charge on any atom is 0.262 e. The van der Waals surface area contributed by atoms with Gasteiger partial charge in [0.2, 0.25) is 0 Å². The standard InChI is InChI=1S/C16H18ClNO3S/c1-10-8-15(21-4)11(2)12(3)16(10)22(19,20)18-14-7-5-6-13(17)9-14/h5-9,18H,1-4H3. The highest BCUT2D eigenvalue weighted by Gasteiger charge is 2.22. The van der Waals surface area contributed by atoms with E-state index in [1.807, 2.05) is 6.92 Å². The number of methoxy groups -OCH3 is 1.